The molecule has 0 unspecified atom stereocenters. The Balaban J connectivity index is 1.55. The first kappa shape index (κ1) is 20.4. The number of guanidine groups is 1. The van der Waals surface area contributed by atoms with Gasteiger partial charge in [-0.3, -0.25) is 4.99 Å². The Kier molecular flexibility index (Phi) is 9.40. The quantitative estimate of drug-likeness (QED) is 0.276. The number of terminal acetylenes is 1. The van der Waals surface area contributed by atoms with Gasteiger partial charge in [-0.1, -0.05) is 18.1 Å². The van der Waals surface area contributed by atoms with Crippen molar-refractivity contribution >= 4 is 5.96 Å². The summed E-state index contributed by atoms with van der Waals surface area (Å²) >= 11 is 0. The summed E-state index contributed by atoms with van der Waals surface area (Å²) in [4.78, 5) is 4.23. The van der Waals surface area contributed by atoms with Gasteiger partial charge in [-0.05, 0) is 42.7 Å². The zero-order valence-electron chi connectivity index (χ0n) is 15.7. The molecule has 1 aromatic carbocycles. The highest BCUT2D eigenvalue weighted by Crippen LogP contribution is 2.12. The zero-order chi connectivity index (χ0) is 19.2. The SMILES string of the molecule is C#CCOc1ccc(CCNC(=NC)NCCCOCc2ccco2)cc1. The van der Waals surface area contributed by atoms with Crippen molar-refractivity contribution in [1.82, 2.24) is 10.6 Å². The van der Waals surface area contributed by atoms with Crippen LogP contribution in [0.25, 0.3) is 0 Å². The van der Waals surface area contributed by atoms with Gasteiger partial charge in [0.15, 0.2) is 5.96 Å². The fraction of sp³-hybridized carbons (Fsp3) is 0.381. The van der Waals surface area contributed by atoms with Gasteiger partial charge in [-0.25, -0.2) is 0 Å². The van der Waals surface area contributed by atoms with Gasteiger partial charge in [-0.2, -0.15) is 0 Å². The van der Waals surface area contributed by atoms with E-state index in [0.717, 1.165) is 43.4 Å². The summed E-state index contributed by atoms with van der Waals surface area (Å²) < 4.78 is 16.1. The largest absolute Gasteiger partial charge is 0.481 e. The fourth-order valence-corrected chi connectivity index (χ4v) is 2.37. The summed E-state index contributed by atoms with van der Waals surface area (Å²) in [6.45, 7) is 3.04. The van der Waals surface area contributed by atoms with Gasteiger partial charge >= 0.3 is 0 Å². The number of aliphatic imine (C=N–C) groups is 1. The monoisotopic (exact) mass is 369 g/mol. The minimum absolute atomic E-state index is 0.288. The van der Waals surface area contributed by atoms with Crippen LogP contribution in [0.2, 0.25) is 0 Å². The molecule has 0 saturated carbocycles. The molecule has 0 spiro atoms. The Labute approximate surface area is 161 Å². The second kappa shape index (κ2) is 12.4. The smallest absolute Gasteiger partial charge is 0.190 e. The van der Waals surface area contributed by atoms with Crippen LogP contribution in [0.3, 0.4) is 0 Å². The Morgan fingerprint density at radius 1 is 1.19 bits per heavy atom. The van der Waals surface area contributed by atoms with Crippen LogP contribution in [0.4, 0.5) is 0 Å². The Bertz CT molecular complexity index is 703. The average Bonchev–Trinajstić information content (AvgIpc) is 3.22. The summed E-state index contributed by atoms with van der Waals surface area (Å²) in [5, 5.41) is 6.58. The molecule has 0 radical (unpaired) electrons. The maximum Gasteiger partial charge on any atom is 0.190 e. The van der Waals surface area contributed by atoms with Crippen molar-refractivity contribution in [3.63, 3.8) is 0 Å². The second-order valence-electron chi connectivity index (χ2n) is 5.80. The normalized spacial score (nSPS) is 11.0. The summed E-state index contributed by atoms with van der Waals surface area (Å²) in [5.41, 5.74) is 1.22. The van der Waals surface area contributed by atoms with Crippen molar-refractivity contribution in [2.45, 2.75) is 19.4 Å². The number of hydrogen-bond donors (Lipinski definition) is 2. The van der Waals surface area contributed by atoms with Crippen LogP contribution < -0.4 is 15.4 Å². The number of rotatable bonds is 11. The minimum Gasteiger partial charge on any atom is -0.481 e. The van der Waals surface area contributed by atoms with Crippen LogP contribution in [0.5, 0.6) is 5.75 Å². The molecule has 1 heterocycles. The van der Waals surface area contributed by atoms with Crippen LogP contribution >= 0.6 is 0 Å². The van der Waals surface area contributed by atoms with Crippen molar-refractivity contribution in [1.29, 1.82) is 0 Å². The van der Waals surface area contributed by atoms with E-state index in [1.165, 1.54) is 5.56 Å². The van der Waals surface area contributed by atoms with Gasteiger partial charge < -0.3 is 24.5 Å². The summed E-state index contributed by atoms with van der Waals surface area (Å²) in [7, 11) is 1.76. The highest BCUT2D eigenvalue weighted by Gasteiger charge is 2.00. The van der Waals surface area contributed by atoms with Crippen LogP contribution in [0.1, 0.15) is 17.7 Å². The Morgan fingerprint density at radius 2 is 2.00 bits per heavy atom. The lowest BCUT2D eigenvalue weighted by Gasteiger charge is -2.12. The van der Waals surface area contributed by atoms with E-state index in [0.29, 0.717) is 13.2 Å². The minimum atomic E-state index is 0.288. The zero-order valence-corrected chi connectivity index (χ0v) is 15.7. The van der Waals surface area contributed by atoms with E-state index in [4.69, 9.17) is 20.3 Å². The van der Waals surface area contributed by atoms with E-state index in [-0.39, 0.29) is 6.61 Å². The third-order valence-electron chi connectivity index (χ3n) is 3.76. The van der Waals surface area contributed by atoms with Crippen molar-refractivity contribution in [2.75, 3.05) is 33.4 Å². The number of furan rings is 1. The molecule has 0 aliphatic heterocycles. The lowest BCUT2D eigenvalue weighted by Crippen LogP contribution is -2.39. The molecule has 0 saturated heterocycles. The standard InChI is InChI=1S/C21H27N3O3/c1-3-14-26-19-9-7-18(8-10-19)11-13-24-21(22-2)23-12-5-15-25-17-20-6-4-16-27-20/h1,4,6-10,16H,5,11-15,17H2,2H3,(H2,22,23,24). The lowest BCUT2D eigenvalue weighted by atomic mass is 10.1. The molecule has 1 aromatic heterocycles. The lowest BCUT2D eigenvalue weighted by molar-refractivity contribution is 0.105. The molecule has 2 aromatic rings. The van der Waals surface area contributed by atoms with E-state index in [1.54, 1.807) is 13.3 Å². The van der Waals surface area contributed by atoms with E-state index in [1.807, 2.05) is 36.4 Å². The van der Waals surface area contributed by atoms with Crippen molar-refractivity contribution < 1.29 is 13.9 Å². The summed E-state index contributed by atoms with van der Waals surface area (Å²) in [6.07, 6.45) is 8.61. The number of benzene rings is 1. The molecule has 0 aliphatic rings. The first-order chi connectivity index (χ1) is 13.3. The second-order valence-corrected chi connectivity index (χ2v) is 5.80. The molecular weight excluding hydrogens is 342 g/mol. The van der Waals surface area contributed by atoms with Gasteiger partial charge in [0.1, 0.15) is 24.7 Å². The number of ether oxygens (including phenoxy) is 2. The molecule has 0 amide bonds. The summed E-state index contributed by atoms with van der Waals surface area (Å²) in [6, 6.07) is 11.7. The van der Waals surface area contributed by atoms with E-state index >= 15 is 0 Å². The van der Waals surface area contributed by atoms with Crippen molar-refractivity contribution in [3.05, 3.63) is 54.0 Å². The Hall–Kier alpha value is -2.91. The molecule has 2 rings (SSSR count). The maximum absolute atomic E-state index is 5.55. The van der Waals surface area contributed by atoms with Gasteiger partial charge in [-0.15, -0.1) is 6.42 Å². The highest BCUT2D eigenvalue weighted by molar-refractivity contribution is 5.79. The van der Waals surface area contributed by atoms with Gasteiger partial charge in [0.05, 0.1) is 6.26 Å². The predicted octanol–water partition coefficient (Wildman–Crippen LogP) is 2.61. The third-order valence-corrected chi connectivity index (χ3v) is 3.76. The molecule has 6 nitrogen and oxygen atoms in total. The topological polar surface area (TPSA) is 68.0 Å². The van der Waals surface area contributed by atoms with Crippen LogP contribution in [0, 0.1) is 12.3 Å². The third kappa shape index (κ3) is 8.34. The Morgan fingerprint density at radius 3 is 2.70 bits per heavy atom. The van der Waals surface area contributed by atoms with E-state index in [2.05, 4.69) is 21.5 Å². The van der Waals surface area contributed by atoms with Gasteiger partial charge in [0.25, 0.3) is 0 Å². The average molecular weight is 369 g/mol. The molecular formula is C21H27N3O3. The number of nitrogens with one attached hydrogen (secondary N) is 2. The molecule has 2 N–H and O–H groups in total. The molecule has 6 heteroatoms. The molecule has 0 bridgehead atoms. The fourth-order valence-electron chi connectivity index (χ4n) is 2.37. The van der Waals surface area contributed by atoms with Crippen molar-refractivity contribution in [2.24, 2.45) is 4.99 Å². The van der Waals surface area contributed by atoms with Crippen LogP contribution in [-0.2, 0) is 17.8 Å². The highest BCUT2D eigenvalue weighted by atomic mass is 16.5. The first-order valence-electron chi connectivity index (χ1n) is 9.01. The van der Waals surface area contributed by atoms with Crippen molar-refractivity contribution in [3.8, 4) is 18.1 Å². The van der Waals surface area contributed by atoms with E-state index in [9.17, 15) is 0 Å². The van der Waals surface area contributed by atoms with E-state index < -0.39 is 0 Å². The molecule has 0 atom stereocenters. The van der Waals surface area contributed by atoms with Gasteiger partial charge in [0, 0.05) is 26.7 Å². The number of nitrogens with zero attached hydrogens (tertiary/aromatic N) is 1. The first-order valence-corrected chi connectivity index (χ1v) is 9.01. The predicted molar refractivity (Wildman–Crippen MR) is 107 cm³/mol. The summed E-state index contributed by atoms with van der Waals surface area (Å²) in [5.74, 6) is 4.87. The van der Waals surface area contributed by atoms with Crippen LogP contribution in [0.15, 0.2) is 52.1 Å². The number of hydrogen-bond acceptors (Lipinski definition) is 4. The van der Waals surface area contributed by atoms with Crippen LogP contribution in [-0.4, -0.2) is 39.3 Å². The molecule has 27 heavy (non-hydrogen) atoms. The molecule has 144 valence electrons. The molecule has 0 fully saturated rings. The maximum atomic E-state index is 5.55. The molecule has 0 aliphatic carbocycles. The van der Waals surface area contributed by atoms with Gasteiger partial charge in [0.2, 0.25) is 0 Å².